The maximum Gasteiger partial charge on any atom is 0.328 e. The SMILES string of the molecule is N[C@H](C=O)C(Cc1ccccc1)(NO)C(=O)O. The zero-order valence-corrected chi connectivity index (χ0v) is 9.04. The van der Waals surface area contributed by atoms with E-state index in [1.54, 1.807) is 35.8 Å². The monoisotopic (exact) mass is 238 g/mol. The van der Waals surface area contributed by atoms with Crippen molar-refractivity contribution < 1.29 is 19.9 Å². The summed E-state index contributed by atoms with van der Waals surface area (Å²) in [6, 6.07) is 7.25. The van der Waals surface area contributed by atoms with Gasteiger partial charge in [0.2, 0.25) is 0 Å². The van der Waals surface area contributed by atoms with E-state index in [1.807, 2.05) is 0 Å². The molecule has 92 valence electrons. The lowest BCUT2D eigenvalue weighted by Crippen LogP contribution is -2.64. The Morgan fingerprint density at radius 2 is 2.06 bits per heavy atom. The molecule has 5 N–H and O–H groups in total. The molecule has 0 aliphatic rings. The Balaban J connectivity index is 3.07. The van der Waals surface area contributed by atoms with E-state index in [0.717, 1.165) is 0 Å². The number of carboxylic acid groups (broad SMARTS) is 1. The van der Waals surface area contributed by atoms with Gasteiger partial charge in [0, 0.05) is 6.42 Å². The number of hydroxylamine groups is 1. The minimum atomic E-state index is -1.91. The first-order chi connectivity index (χ1) is 8.06. The van der Waals surface area contributed by atoms with Crippen LogP contribution in [0.2, 0.25) is 0 Å². The molecule has 1 aromatic carbocycles. The fourth-order valence-electron chi connectivity index (χ4n) is 1.53. The first kappa shape index (κ1) is 13.3. The first-order valence-electron chi connectivity index (χ1n) is 4.96. The van der Waals surface area contributed by atoms with Crippen molar-refractivity contribution in [1.82, 2.24) is 5.48 Å². The standard InChI is InChI=1S/C11H14N2O4/c12-9(7-14)11(13-17,10(15)16)6-8-4-2-1-3-5-8/h1-5,7,9,13,17H,6,12H2,(H,15,16)/t9-,11?/m1/s1. The molecule has 6 heteroatoms. The van der Waals surface area contributed by atoms with Crippen molar-refractivity contribution in [1.29, 1.82) is 0 Å². The quantitative estimate of drug-likeness (QED) is 0.394. The van der Waals surface area contributed by atoms with Crippen molar-refractivity contribution in [2.75, 3.05) is 0 Å². The van der Waals surface area contributed by atoms with Crippen LogP contribution in [0.5, 0.6) is 0 Å². The lowest BCUT2D eigenvalue weighted by molar-refractivity contribution is -0.152. The Bertz CT molecular complexity index is 396. The van der Waals surface area contributed by atoms with Gasteiger partial charge < -0.3 is 20.8 Å². The highest BCUT2D eigenvalue weighted by Crippen LogP contribution is 2.16. The molecule has 0 fully saturated rings. The van der Waals surface area contributed by atoms with Gasteiger partial charge in [0.05, 0.1) is 6.04 Å². The molecule has 0 spiro atoms. The number of nitrogens with one attached hydrogen (secondary N) is 1. The van der Waals surface area contributed by atoms with Crippen molar-refractivity contribution >= 4 is 12.3 Å². The van der Waals surface area contributed by atoms with E-state index in [1.165, 1.54) is 0 Å². The van der Waals surface area contributed by atoms with Gasteiger partial charge in [0.25, 0.3) is 0 Å². The molecule has 0 aliphatic heterocycles. The largest absolute Gasteiger partial charge is 0.480 e. The van der Waals surface area contributed by atoms with Crippen LogP contribution < -0.4 is 11.2 Å². The molecule has 0 bridgehead atoms. The molecule has 1 aromatic rings. The molecule has 0 aromatic heterocycles. The Hall–Kier alpha value is -1.76. The van der Waals surface area contributed by atoms with Gasteiger partial charge in [0.15, 0.2) is 5.54 Å². The average Bonchev–Trinajstić information content (AvgIpc) is 2.36. The molecule has 6 nitrogen and oxygen atoms in total. The number of aliphatic carboxylic acids is 1. The Labute approximate surface area is 98.0 Å². The summed E-state index contributed by atoms with van der Waals surface area (Å²) in [7, 11) is 0. The summed E-state index contributed by atoms with van der Waals surface area (Å²) in [4.78, 5) is 21.9. The van der Waals surface area contributed by atoms with Crippen molar-refractivity contribution in [3.8, 4) is 0 Å². The number of carbonyl (C=O) groups is 2. The molecule has 2 atom stereocenters. The molecule has 0 aliphatic carbocycles. The molecular weight excluding hydrogens is 224 g/mol. The summed E-state index contributed by atoms with van der Waals surface area (Å²) in [5, 5.41) is 18.2. The molecular formula is C11H14N2O4. The Morgan fingerprint density at radius 3 is 2.47 bits per heavy atom. The van der Waals surface area contributed by atoms with Crippen molar-refractivity contribution in [3.05, 3.63) is 35.9 Å². The van der Waals surface area contributed by atoms with Gasteiger partial charge >= 0.3 is 5.97 Å². The zero-order chi connectivity index (χ0) is 12.9. The van der Waals surface area contributed by atoms with Gasteiger partial charge in [-0.05, 0) is 5.56 Å². The lowest BCUT2D eigenvalue weighted by Gasteiger charge is -2.30. The number of rotatable bonds is 6. The lowest BCUT2D eigenvalue weighted by atomic mass is 9.85. The van der Waals surface area contributed by atoms with Gasteiger partial charge in [-0.25, -0.2) is 0 Å². The number of carboxylic acids is 1. The van der Waals surface area contributed by atoms with E-state index >= 15 is 0 Å². The molecule has 1 unspecified atom stereocenters. The van der Waals surface area contributed by atoms with Crippen LogP contribution in [0, 0.1) is 0 Å². The number of aldehydes is 1. The summed E-state index contributed by atoms with van der Waals surface area (Å²) in [5.74, 6) is -1.39. The maximum atomic E-state index is 11.2. The highest BCUT2D eigenvalue weighted by atomic mass is 16.5. The number of nitrogens with two attached hydrogens (primary N) is 1. The normalized spacial score (nSPS) is 15.9. The van der Waals surface area contributed by atoms with Crippen LogP contribution in [-0.4, -0.2) is 34.2 Å². The first-order valence-corrected chi connectivity index (χ1v) is 4.96. The van der Waals surface area contributed by atoms with E-state index in [0.29, 0.717) is 11.8 Å². The van der Waals surface area contributed by atoms with Gasteiger partial charge in [-0.2, -0.15) is 5.48 Å². The second kappa shape index (κ2) is 5.53. The summed E-state index contributed by atoms with van der Waals surface area (Å²) >= 11 is 0. The number of hydrogen-bond acceptors (Lipinski definition) is 5. The van der Waals surface area contributed by atoms with E-state index in [-0.39, 0.29) is 6.42 Å². The second-order valence-electron chi connectivity index (χ2n) is 3.71. The molecule has 0 amide bonds. The summed E-state index contributed by atoms with van der Waals surface area (Å²) < 4.78 is 0. The van der Waals surface area contributed by atoms with Crippen molar-refractivity contribution in [2.24, 2.45) is 5.73 Å². The van der Waals surface area contributed by atoms with Crippen LogP contribution >= 0.6 is 0 Å². The van der Waals surface area contributed by atoms with Crippen LogP contribution in [-0.2, 0) is 16.0 Å². The molecule has 1 rings (SSSR count). The van der Waals surface area contributed by atoms with E-state index in [4.69, 9.17) is 16.0 Å². The van der Waals surface area contributed by atoms with E-state index in [2.05, 4.69) is 0 Å². The Kier molecular flexibility index (Phi) is 4.33. The number of benzene rings is 1. The highest BCUT2D eigenvalue weighted by Gasteiger charge is 2.44. The van der Waals surface area contributed by atoms with Gasteiger partial charge in [-0.1, -0.05) is 30.3 Å². The van der Waals surface area contributed by atoms with Crippen molar-refractivity contribution in [3.63, 3.8) is 0 Å². The molecule has 0 radical (unpaired) electrons. The van der Waals surface area contributed by atoms with Crippen LogP contribution in [0.3, 0.4) is 0 Å². The molecule has 0 heterocycles. The summed E-state index contributed by atoms with van der Waals surface area (Å²) in [6.45, 7) is 0. The molecule has 0 saturated carbocycles. The average molecular weight is 238 g/mol. The number of carbonyl (C=O) groups excluding carboxylic acids is 1. The topological polar surface area (TPSA) is 113 Å². The zero-order valence-electron chi connectivity index (χ0n) is 9.04. The summed E-state index contributed by atoms with van der Waals surface area (Å²) in [6.07, 6.45) is 0.194. The van der Waals surface area contributed by atoms with E-state index in [9.17, 15) is 9.59 Å². The Morgan fingerprint density at radius 1 is 1.47 bits per heavy atom. The fraction of sp³-hybridized carbons (Fsp3) is 0.273. The second-order valence-corrected chi connectivity index (χ2v) is 3.71. The maximum absolute atomic E-state index is 11.2. The third kappa shape index (κ3) is 2.68. The third-order valence-corrected chi connectivity index (χ3v) is 2.62. The van der Waals surface area contributed by atoms with Gasteiger partial charge in [-0.3, -0.25) is 4.79 Å². The highest BCUT2D eigenvalue weighted by molar-refractivity contribution is 5.85. The van der Waals surface area contributed by atoms with Gasteiger partial charge in [0.1, 0.15) is 6.29 Å². The minimum Gasteiger partial charge on any atom is -0.480 e. The predicted octanol–water partition coefficient (Wildman–Crippen LogP) is -0.443. The molecule has 17 heavy (non-hydrogen) atoms. The van der Waals surface area contributed by atoms with Gasteiger partial charge in [-0.15, -0.1) is 0 Å². The fourth-order valence-corrected chi connectivity index (χ4v) is 1.53. The van der Waals surface area contributed by atoms with E-state index < -0.39 is 17.6 Å². The van der Waals surface area contributed by atoms with Crippen LogP contribution in [0.1, 0.15) is 5.56 Å². The van der Waals surface area contributed by atoms with Crippen molar-refractivity contribution in [2.45, 2.75) is 18.0 Å². The predicted molar refractivity (Wildman–Crippen MR) is 59.5 cm³/mol. The molecule has 0 saturated heterocycles. The number of hydrogen-bond donors (Lipinski definition) is 4. The van der Waals surface area contributed by atoms with Crippen LogP contribution in [0.25, 0.3) is 0 Å². The minimum absolute atomic E-state index is 0.0976. The third-order valence-electron chi connectivity index (χ3n) is 2.62. The van der Waals surface area contributed by atoms with Crippen LogP contribution in [0.15, 0.2) is 30.3 Å². The van der Waals surface area contributed by atoms with Crippen LogP contribution in [0.4, 0.5) is 0 Å². The summed E-state index contributed by atoms with van der Waals surface area (Å²) in [5.41, 5.74) is 5.83. The smallest absolute Gasteiger partial charge is 0.328 e.